The highest BCUT2D eigenvalue weighted by atomic mass is 16.2. The van der Waals surface area contributed by atoms with Crippen molar-refractivity contribution in [1.82, 2.24) is 19.8 Å². The zero-order valence-corrected chi connectivity index (χ0v) is 12.7. The number of carbonyl (C=O) groups is 2. The third-order valence-electron chi connectivity index (χ3n) is 4.27. The third-order valence-corrected chi connectivity index (χ3v) is 4.27. The van der Waals surface area contributed by atoms with Gasteiger partial charge in [0.1, 0.15) is 0 Å². The first-order valence-electron chi connectivity index (χ1n) is 7.59. The van der Waals surface area contributed by atoms with Gasteiger partial charge >= 0.3 is 0 Å². The fourth-order valence-electron chi connectivity index (χ4n) is 2.91. The number of hydrogen-bond acceptors (Lipinski definition) is 3. The molecular weight excluding hydrogens is 280 g/mol. The van der Waals surface area contributed by atoms with E-state index in [1.807, 2.05) is 24.4 Å². The van der Waals surface area contributed by atoms with Crippen LogP contribution >= 0.6 is 0 Å². The minimum absolute atomic E-state index is 0.00237. The average molecular weight is 300 g/mol. The van der Waals surface area contributed by atoms with Crippen molar-refractivity contribution in [1.29, 1.82) is 0 Å². The van der Waals surface area contributed by atoms with Crippen LogP contribution in [-0.2, 0) is 16.1 Å². The number of nitrogens with zero attached hydrogens (tertiary/aromatic N) is 3. The maximum absolute atomic E-state index is 12.3. The largest absolute Gasteiger partial charge is 0.352 e. The van der Waals surface area contributed by atoms with Crippen LogP contribution in [0.1, 0.15) is 25.3 Å². The smallest absolute Gasteiger partial charge is 0.223 e. The number of aromatic nitrogens is 2. The molecule has 6 nitrogen and oxygen atoms in total. The summed E-state index contributed by atoms with van der Waals surface area (Å²) in [5.74, 6) is 0.154. The second-order valence-electron chi connectivity index (χ2n) is 5.70. The number of piperidine rings is 1. The standard InChI is InChI=1S/C16H20N4O2/c1-12(21)19-8-5-13(6-9-19)16(22)17-10-14-11-18-20-7-3-2-4-15(14)20/h2-4,7,11,13H,5-6,8-10H2,1H3,(H,17,22). The van der Waals surface area contributed by atoms with Crippen LogP contribution in [0.25, 0.3) is 5.52 Å². The number of carbonyl (C=O) groups excluding carboxylic acids is 2. The predicted molar refractivity (Wildman–Crippen MR) is 82.0 cm³/mol. The van der Waals surface area contributed by atoms with Crippen molar-refractivity contribution >= 4 is 17.3 Å². The van der Waals surface area contributed by atoms with Crippen LogP contribution in [0.3, 0.4) is 0 Å². The Bertz CT molecular complexity index is 686. The van der Waals surface area contributed by atoms with Crippen molar-refractivity contribution in [2.24, 2.45) is 5.92 Å². The Kier molecular flexibility index (Phi) is 4.09. The first kappa shape index (κ1) is 14.6. The van der Waals surface area contributed by atoms with Crippen LogP contribution in [0.15, 0.2) is 30.6 Å². The molecule has 22 heavy (non-hydrogen) atoms. The minimum atomic E-state index is -0.00237. The van der Waals surface area contributed by atoms with Gasteiger partial charge in [0.25, 0.3) is 0 Å². The van der Waals surface area contributed by atoms with E-state index in [4.69, 9.17) is 0 Å². The van der Waals surface area contributed by atoms with Gasteiger partial charge in [0.2, 0.25) is 11.8 Å². The third kappa shape index (κ3) is 2.95. The Morgan fingerprint density at radius 3 is 2.82 bits per heavy atom. The normalized spacial score (nSPS) is 16.0. The van der Waals surface area contributed by atoms with Crippen LogP contribution in [0, 0.1) is 5.92 Å². The van der Waals surface area contributed by atoms with Gasteiger partial charge in [-0.15, -0.1) is 0 Å². The number of likely N-dealkylation sites (tertiary alicyclic amines) is 1. The summed E-state index contributed by atoms with van der Waals surface area (Å²) in [6.45, 7) is 3.40. The molecule has 0 atom stereocenters. The maximum atomic E-state index is 12.3. The molecule has 1 saturated heterocycles. The number of nitrogens with one attached hydrogen (secondary N) is 1. The molecule has 1 fully saturated rings. The number of rotatable bonds is 3. The topological polar surface area (TPSA) is 66.7 Å². The van der Waals surface area contributed by atoms with Crippen molar-refractivity contribution in [3.63, 3.8) is 0 Å². The molecule has 1 aliphatic rings. The lowest BCUT2D eigenvalue weighted by Gasteiger charge is -2.30. The second kappa shape index (κ2) is 6.17. The molecule has 0 radical (unpaired) electrons. The molecule has 0 spiro atoms. The summed E-state index contributed by atoms with van der Waals surface area (Å²) in [5.41, 5.74) is 2.02. The van der Waals surface area contributed by atoms with E-state index in [0.717, 1.165) is 23.9 Å². The first-order valence-corrected chi connectivity index (χ1v) is 7.59. The van der Waals surface area contributed by atoms with Gasteiger partial charge in [-0.3, -0.25) is 9.59 Å². The second-order valence-corrected chi connectivity index (χ2v) is 5.70. The number of hydrogen-bond donors (Lipinski definition) is 1. The van der Waals surface area contributed by atoms with Crippen LogP contribution in [-0.4, -0.2) is 39.4 Å². The number of amides is 2. The van der Waals surface area contributed by atoms with Gasteiger partial charge in [-0.1, -0.05) is 6.07 Å². The molecule has 1 N–H and O–H groups in total. The molecular formula is C16H20N4O2. The van der Waals surface area contributed by atoms with E-state index in [1.165, 1.54) is 0 Å². The Labute approximate surface area is 129 Å². The van der Waals surface area contributed by atoms with Crippen molar-refractivity contribution in [2.75, 3.05) is 13.1 Å². The van der Waals surface area contributed by atoms with E-state index in [9.17, 15) is 9.59 Å². The predicted octanol–water partition coefficient (Wildman–Crippen LogP) is 1.21. The van der Waals surface area contributed by atoms with Crippen molar-refractivity contribution in [3.05, 3.63) is 36.2 Å². The van der Waals surface area contributed by atoms with Crippen LogP contribution in [0.4, 0.5) is 0 Å². The summed E-state index contributed by atoms with van der Waals surface area (Å²) in [7, 11) is 0. The minimum Gasteiger partial charge on any atom is -0.352 e. The van der Waals surface area contributed by atoms with Gasteiger partial charge in [0, 0.05) is 44.2 Å². The molecule has 3 rings (SSSR count). The maximum Gasteiger partial charge on any atom is 0.223 e. The van der Waals surface area contributed by atoms with E-state index in [-0.39, 0.29) is 17.7 Å². The molecule has 2 aromatic rings. The Morgan fingerprint density at radius 1 is 1.32 bits per heavy atom. The highest BCUT2D eigenvalue weighted by Crippen LogP contribution is 2.18. The Hall–Kier alpha value is -2.37. The summed E-state index contributed by atoms with van der Waals surface area (Å²) in [6.07, 6.45) is 5.15. The van der Waals surface area contributed by atoms with Crippen molar-refractivity contribution in [3.8, 4) is 0 Å². The van der Waals surface area contributed by atoms with E-state index in [2.05, 4.69) is 10.4 Å². The molecule has 1 aliphatic heterocycles. The molecule has 3 heterocycles. The summed E-state index contributed by atoms with van der Waals surface area (Å²) in [5, 5.41) is 7.25. The van der Waals surface area contributed by atoms with E-state index in [0.29, 0.717) is 19.6 Å². The van der Waals surface area contributed by atoms with Gasteiger partial charge in [-0.25, -0.2) is 4.52 Å². The fourth-order valence-corrected chi connectivity index (χ4v) is 2.91. The summed E-state index contributed by atoms with van der Waals surface area (Å²) in [4.78, 5) is 25.4. The average Bonchev–Trinajstić information content (AvgIpc) is 2.96. The summed E-state index contributed by atoms with van der Waals surface area (Å²) < 4.78 is 1.80. The first-order chi connectivity index (χ1) is 10.6. The summed E-state index contributed by atoms with van der Waals surface area (Å²) >= 11 is 0. The molecule has 0 aliphatic carbocycles. The SMILES string of the molecule is CC(=O)N1CCC(C(=O)NCc2cnn3ccccc23)CC1. The molecule has 0 bridgehead atoms. The van der Waals surface area contributed by atoms with Gasteiger partial charge in [-0.2, -0.15) is 5.10 Å². The van der Waals surface area contributed by atoms with Crippen molar-refractivity contribution in [2.45, 2.75) is 26.3 Å². The lowest BCUT2D eigenvalue weighted by molar-refractivity contribution is -0.134. The summed E-state index contributed by atoms with van der Waals surface area (Å²) in [6, 6.07) is 5.87. The van der Waals surface area contributed by atoms with Gasteiger partial charge in [-0.05, 0) is 25.0 Å². The zero-order valence-electron chi connectivity index (χ0n) is 12.7. The van der Waals surface area contributed by atoms with Crippen LogP contribution in [0.2, 0.25) is 0 Å². The molecule has 2 amide bonds. The number of pyridine rings is 1. The highest BCUT2D eigenvalue weighted by Gasteiger charge is 2.25. The highest BCUT2D eigenvalue weighted by molar-refractivity contribution is 5.79. The molecule has 2 aromatic heterocycles. The van der Waals surface area contributed by atoms with E-state index in [1.54, 1.807) is 22.5 Å². The molecule has 0 unspecified atom stereocenters. The molecule has 0 saturated carbocycles. The van der Waals surface area contributed by atoms with Gasteiger partial charge in [0.15, 0.2) is 0 Å². The fraction of sp³-hybridized carbons (Fsp3) is 0.438. The molecule has 116 valence electrons. The zero-order chi connectivity index (χ0) is 15.5. The lowest BCUT2D eigenvalue weighted by Crippen LogP contribution is -2.42. The molecule has 0 aromatic carbocycles. The van der Waals surface area contributed by atoms with Crippen LogP contribution in [0.5, 0.6) is 0 Å². The molecule has 6 heteroatoms. The van der Waals surface area contributed by atoms with Crippen LogP contribution < -0.4 is 5.32 Å². The van der Waals surface area contributed by atoms with E-state index >= 15 is 0 Å². The van der Waals surface area contributed by atoms with Gasteiger partial charge in [0.05, 0.1) is 11.7 Å². The quantitative estimate of drug-likeness (QED) is 0.926. The number of fused-ring (bicyclic) bond motifs is 1. The Morgan fingerprint density at radius 2 is 2.09 bits per heavy atom. The van der Waals surface area contributed by atoms with Crippen molar-refractivity contribution < 1.29 is 9.59 Å². The van der Waals surface area contributed by atoms with E-state index < -0.39 is 0 Å². The Balaban J connectivity index is 1.56. The monoisotopic (exact) mass is 300 g/mol. The van der Waals surface area contributed by atoms with Gasteiger partial charge < -0.3 is 10.2 Å². The lowest BCUT2D eigenvalue weighted by atomic mass is 9.96.